The maximum atomic E-state index is 13.1. The summed E-state index contributed by atoms with van der Waals surface area (Å²) in [5, 5.41) is 5.08. The van der Waals surface area contributed by atoms with Gasteiger partial charge in [-0.25, -0.2) is 0 Å². The zero-order valence-corrected chi connectivity index (χ0v) is 18.1. The second kappa shape index (κ2) is 8.42. The molecule has 0 aliphatic rings. The summed E-state index contributed by atoms with van der Waals surface area (Å²) < 4.78 is 47.6. The molecule has 1 aromatic heterocycles. The van der Waals surface area contributed by atoms with Crippen LogP contribution in [0.1, 0.15) is 5.56 Å². The lowest BCUT2D eigenvalue weighted by Crippen LogP contribution is -2.19. The Morgan fingerprint density at radius 3 is 2.46 bits per heavy atom. The maximum Gasteiger partial charge on any atom is 0.408 e. The molecule has 0 spiro atoms. The molecule has 0 atom stereocenters. The summed E-state index contributed by atoms with van der Waals surface area (Å²) >= 11 is 11.0. The normalized spacial score (nSPS) is 11.8. The fourth-order valence-corrected chi connectivity index (χ4v) is 4.15. The van der Waals surface area contributed by atoms with Gasteiger partial charge in [0.25, 0.3) is 0 Å². The molecule has 0 fully saturated rings. The number of anilines is 1. The van der Waals surface area contributed by atoms with E-state index < -0.39 is 12.7 Å². The number of aromatic nitrogens is 2. The van der Waals surface area contributed by atoms with E-state index in [4.69, 9.17) is 16.3 Å². The van der Waals surface area contributed by atoms with Gasteiger partial charge in [0.05, 0.1) is 29.6 Å². The first-order valence-corrected chi connectivity index (χ1v) is 10.4. The number of benzene rings is 2. The number of fused-ring (bicyclic) bond motifs is 1. The first-order chi connectivity index (χ1) is 13.2. The van der Waals surface area contributed by atoms with Crippen LogP contribution in [0.15, 0.2) is 40.9 Å². The number of rotatable bonds is 6. The van der Waals surface area contributed by atoms with E-state index in [1.165, 1.54) is 11.9 Å². The van der Waals surface area contributed by atoms with E-state index in [0.717, 1.165) is 16.0 Å². The minimum Gasteiger partial charge on any atom is -0.497 e. The van der Waals surface area contributed by atoms with E-state index in [0.29, 0.717) is 32.8 Å². The van der Waals surface area contributed by atoms with E-state index >= 15 is 0 Å². The second-order valence-corrected chi connectivity index (χ2v) is 7.98. The van der Waals surface area contributed by atoms with Crippen molar-refractivity contribution in [3.63, 3.8) is 0 Å². The third-order valence-corrected chi connectivity index (χ3v) is 5.74. The molecule has 0 unspecified atom stereocenters. The summed E-state index contributed by atoms with van der Waals surface area (Å²) in [6.45, 7) is -0.765. The van der Waals surface area contributed by atoms with Gasteiger partial charge < -0.3 is 4.74 Å². The Morgan fingerprint density at radius 2 is 1.89 bits per heavy atom. The SMILES string of the molecule is COc1ccc(CN(SC)c2nn(CC(F)(F)F)c3c(Br)ccc(Cl)c23)cc1. The molecule has 2 aromatic carbocycles. The summed E-state index contributed by atoms with van der Waals surface area (Å²) in [7, 11) is 1.59. The first-order valence-electron chi connectivity index (χ1n) is 8.09. The summed E-state index contributed by atoms with van der Waals surface area (Å²) in [5.74, 6) is 1.11. The topological polar surface area (TPSA) is 30.3 Å². The maximum absolute atomic E-state index is 13.1. The fraction of sp³-hybridized carbons (Fsp3) is 0.278. The number of ether oxygens (including phenoxy) is 1. The molecule has 0 bridgehead atoms. The zero-order valence-electron chi connectivity index (χ0n) is 14.9. The van der Waals surface area contributed by atoms with Gasteiger partial charge in [-0.2, -0.15) is 18.3 Å². The van der Waals surface area contributed by atoms with Gasteiger partial charge in [-0.3, -0.25) is 8.99 Å². The highest BCUT2D eigenvalue weighted by Gasteiger charge is 2.31. The summed E-state index contributed by atoms with van der Waals surface area (Å²) in [4.78, 5) is 0. The quantitative estimate of drug-likeness (QED) is 0.376. The number of nitrogens with zero attached hydrogens (tertiary/aromatic N) is 3. The van der Waals surface area contributed by atoms with Crippen LogP contribution in [0, 0.1) is 0 Å². The van der Waals surface area contributed by atoms with Crippen LogP contribution < -0.4 is 9.04 Å². The Labute approximate surface area is 177 Å². The van der Waals surface area contributed by atoms with E-state index in [1.54, 1.807) is 19.2 Å². The predicted molar refractivity (Wildman–Crippen MR) is 111 cm³/mol. The molecule has 3 aromatic rings. The Hall–Kier alpha value is -1.58. The van der Waals surface area contributed by atoms with Crippen LogP contribution >= 0.6 is 39.5 Å². The van der Waals surface area contributed by atoms with Crippen LogP contribution in [0.3, 0.4) is 0 Å². The predicted octanol–water partition coefficient (Wildman–Crippen LogP) is 6.31. The van der Waals surface area contributed by atoms with E-state index in [2.05, 4.69) is 21.0 Å². The average Bonchev–Trinajstić information content (AvgIpc) is 3.01. The van der Waals surface area contributed by atoms with E-state index in [-0.39, 0.29) is 0 Å². The van der Waals surface area contributed by atoms with Crippen molar-refractivity contribution in [2.24, 2.45) is 0 Å². The van der Waals surface area contributed by atoms with E-state index in [1.807, 2.05) is 34.8 Å². The molecule has 0 saturated carbocycles. The van der Waals surface area contributed by atoms with Crippen molar-refractivity contribution in [3.05, 3.63) is 51.5 Å². The lowest BCUT2D eigenvalue weighted by atomic mass is 10.2. The lowest BCUT2D eigenvalue weighted by Gasteiger charge is -2.20. The highest BCUT2D eigenvalue weighted by molar-refractivity contribution is 9.10. The third kappa shape index (κ3) is 4.52. The van der Waals surface area contributed by atoms with E-state index in [9.17, 15) is 13.2 Å². The molecule has 0 amide bonds. The van der Waals surface area contributed by atoms with Crippen LogP contribution in [0.5, 0.6) is 5.75 Å². The van der Waals surface area contributed by atoms with Gasteiger partial charge in [0.15, 0.2) is 5.82 Å². The zero-order chi connectivity index (χ0) is 20.5. The molecule has 0 aliphatic heterocycles. The smallest absolute Gasteiger partial charge is 0.408 e. The van der Waals surface area contributed by atoms with Crippen LogP contribution in [0.2, 0.25) is 5.02 Å². The summed E-state index contributed by atoms with van der Waals surface area (Å²) in [5.41, 5.74) is 1.27. The third-order valence-electron chi connectivity index (χ3n) is 4.05. The molecule has 0 saturated heterocycles. The Balaban J connectivity index is 2.07. The molecular formula is C18H16BrClF3N3OS. The van der Waals surface area contributed by atoms with Crippen molar-refractivity contribution in [3.8, 4) is 5.75 Å². The standard InChI is InChI=1S/C18H16BrClF3N3OS/c1-27-12-5-3-11(4-6-12)9-26(28-2)17-15-14(20)8-7-13(19)16(15)25(24-17)10-18(21,22)23/h3-8H,9-10H2,1-2H3. The molecule has 10 heteroatoms. The van der Waals surface area contributed by atoms with Crippen LogP contribution in [-0.2, 0) is 13.1 Å². The summed E-state index contributed by atoms with van der Waals surface area (Å²) in [6.07, 6.45) is -2.57. The highest BCUT2D eigenvalue weighted by Crippen LogP contribution is 2.40. The van der Waals surface area contributed by atoms with Crippen LogP contribution in [-0.4, -0.2) is 29.3 Å². The molecule has 3 rings (SSSR count). The van der Waals surface area contributed by atoms with Crippen LogP contribution in [0.25, 0.3) is 10.9 Å². The molecule has 28 heavy (non-hydrogen) atoms. The average molecular weight is 495 g/mol. The molecule has 4 nitrogen and oxygen atoms in total. The van der Waals surface area contributed by atoms with Gasteiger partial charge in [-0.15, -0.1) is 0 Å². The van der Waals surface area contributed by atoms with Gasteiger partial charge in [-0.05, 0) is 45.8 Å². The van der Waals surface area contributed by atoms with Crippen molar-refractivity contribution >= 4 is 56.2 Å². The minimum atomic E-state index is -4.40. The second-order valence-electron chi connectivity index (χ2n) is 5.92. The molecule has 1 heterocycles. The first kappa shape index (κ1) is 21.1. The van der Waals surface area contributed by atoms with Crippen LogP contribution in [0.4, 0.5) is 19.0 Å². The molecule has 0 radical (unpaired) electrons. The van der Waals surface area contributed by atoms with Crippen molar-refractivity contribution < 1.29 is 17.9 Å². The van der Waals surface area contributed by atoms with Gasteiger partial charge >= 0.3 is 6.18 Å². The van der Waals surface area contributed by atoms with Gasteiger partial charge in [-0.1, -0.05) is 35.7 Å². The largest absolute Gasteiger partial charge is 0.497 e. The Morgan fingerprint density at radius 1 is 1.21 bits per heavy atom. The van der Waals surface area contributed by atoms with Crippen molar-refractivity contribution in [2.75, 3.05) is 17.7 Å². The number of hydrogen-bond acceptors (Lipinski definition) is 4. The molecule has 0 N–H and O–H groups in total. The van der Waals surface area contributed by atoms with Crippen molar-refractivity contribution in [1.29, 1.82) is 0 Å². The minimum absolute atomic E-state index is 0.314. The number of alkyl halides is 3. The monoisotopic (exact) mass is 493 g/mol. The van der Waals surface area contributed by atoms with Gasteiger partial charge in [0, 0.05) is 10.7 Å². The van der Waals surface area contributed by atoms with Crippen molar-refractivity contribution in [1.82, 2.24) is 9.78 Å². The Bertz CT molecular complexity index is 979. The Kier molecular flexibility index (Phi) is 6.36. The number of hydrogen-bond donors (Lipinski definition) is 0. The lowest BCUT2D eigenvalue weighted by molar-refractivity contribution is -0.141. The van der Waals surface area contributed by atoms with Gasteiger partial charge in [0.2, 0.25) is 0 Å². The summed E-state index contributed by atoms with van der Waals surface area (Å²) in [6, 6.07) is 10.7. The van der Waals surface area contributed by atoms with Crippen molar-refractivity contribution in [2.45, 2.75) is 19.3 Å². The number of halogens is 5. The molecule has 150 valence electrons. The fourth-order valence-electron chi connectivity index (χ4n) is 2.80. The number of methoxy groups -OCH3 is 1. The highest BCUT2D eigenvalue weighted by atomic mass is 79.9. The molecule has 0 aliphatic carbocycles. The van der Waals surface area contributed by atoms with Gasteiger partial charge in [0.1, 0.15) is 12.3 Å². The molecular weight excluding hydrogens is 479 g/mol.